The average Bonchev–Trinajstić information content (AvgIpc) is 2.08. The molecule has 0 bridgehead atoms. The van der Waals surface area contributed by atoms with Crippen molar-refractivity contribution in [1.29, 1.82) is 0 Å². The van der Waals surface area contributed by atoms with Crippen molar-refractivity contribution in [2.75, 3.05) is 6.61 Å². The van der Waals surface area contributed by atoms with Crippen LogP contribution in [0.4, 0.5) is 0 Å². The predicted molar refractivity (Wildman–Crippen MR) is 52.5 cm³/mol. The summed E-state index contributed by atoms with van der Waals surface area (Å²) >= 11 is 0. The van der Waals surface area contributed by atoms with Crippen LogP contribution in [0, 0.1) is 0 Å². The Bertz CT molecular complexity index is 158. The van der Waals surface area contributed by atoms with E-state index < -0.39 is 37.3 Å². The molecule has 1 heterocycles. The molecule has 8 heteroatoms. The summed E-state index contributed by atoms with van der Waals surface area (Å²) in [4.78, 5) is 0. The second-order valence-corrected chi connectivity index (χ2v) is 2.81. The van der Waals surface area contributed by atoms with E-state index in [1.54, 1.807) is 0 Å². The van der Waals surface area contributed by atoms with Crippen molar-refractivity contribution in [3.05, 3.63) is 0 Å². The molecule has 0 aliphatic carbocycles. The van der Waals surface area contributed by atoms with Crippen molar-refractivity contribution in [2.45, 2.75) is 30.6 Å². The number of aliphatic hydroxyl groups excluding tert-OH is 4. The van der Waals surface area contributed by atoms with Crippen LogP contribution in [0.3, 0.4) is 0 Å². The van der Waals surface area contributed by atoms with Crippen molar-refractivity contribution < 1.29 is 25.2 Å². The van der Waals surface area contributed by atoms with Crippen molar-refractivity contribution in [3.8, 4) is 0 Å². The smallest absolute Gasteiger partial charge is 0.173 e. The first-order valence-corrected chi connectivity index (χ1v) is 3.64. The first-order valence-electron chi connectivity index (χ1n) is 3.64. The number of aliphatic hydroxyl groups is 4. The number of nitrogens with two attached hydrogens (primary N) is 1. The van der Waals surface area contributed by atoms with E-state index in [0.717, 1.165) is 0 Å². The first kappa shape index (κ1) is 16.8. The summed E-state index contributed by atoms with van der Waals surface area (Å²) in [5.41, 5.74) is 5.26. The molecule has 0 aromatic carbocycles. The molecule has 5 atom stereocenters. The Labute approximate surface area is 93.5 Å². The minimum absolute atomic E-state index is 0. The van der Waals surface area contributed by atoms with Crippen LogP contribution in [0.15, 0.2) is 0 Å². The lowest BCUT2D eigenvalue weighted by atomic mass is 9.98. The van der Waals surface area contributed by atoms with E-state index >= 15 is 0 Å². The molecule has 1 fully saturated rings. The second kappa shape index (κ2) is 6.76. The maximum Gasteiger partial charge on any atom is 0.173 e. The predicted octanol–water partition coefficient (Wildman–Crippen LogP) is -2.41. The molecule has 0 radical (unpaired) electrons. The zero-order valence-electron chi connectivity index (χ0n) is 7.18. The van der Waals surface area contributed by atoms with Gasteiger partial charge >= 0.3 is 0 Å². The Morgan fingerprint density at radius 1 is 1.07 bits per heavy atom. The summed E-state index contributed by atoms with van der Waals surface area (Å²) in [6.07, 6.45) is -4.85. The lowest BCUT2D eigenvalue weighted by Gasteiger charge is -2.38. The van der Waals surface area contributed by atoms with Crippen LogP contribution in [0.25, 0.3) is 0 Å². The molecule has 0 saturated carbocycles. The fraction of sp³-hybridized carbons (Fsp3) is 1.00. The molecule has 0 aromatic heterocycles. The van der Waals surface area contributed by atoms with Crippen molar-refractivity contribution in [1.82, 2.24) is 0 Å². The SMILES string of the molecule is Cl.Cl.N[C@@H]1[C@@H](O)[C@H](O)[C@@H](CO)O[C@H]1O. The number of halogens is 2. The molecule has 1 rings (SSSR count). The number of ether oxygens (including phenoxy) is 1. The molecule has 0 aromatic rings. The lowest BCUT2D eigenvalue weighted by molar-refractivity contribution is -0.248. The third-order valence-corrected chi connectivity index (χ3v) is 1.95. The quantitative estimate of drug-likeness (QED) is 0.355. The lowest BCUT2D eigenvalue weighted by Crippen LogP contribution is -2.61. The van der Waals surface area contributed by atoms with Gasteiger partial charge in [-0.25, -0.2) is 0 Å². The summed E-state index contributed by atoms with van der Waals surface area (Å²) in [6.45, 7) is -0.470. The maximum atomic E-state index is 9.20. The van der Waals surface area contributed by atoms with Gasteiger partial charge in [0.05, 0.1) is 12.6 Å². The Morgan fingerprint density at radius 3 is 2.00 bits per heavy atom. The van der Waals surface area contributed by atoms with Gasteiger partial charge in [0.15, 0.2) is 6.29 Å². The topological polar surface area (TPSA) is 116 Å². The molecule has 1 saturated heterocycles. The van der Waals surface area contributed by atoms with Crippen LogP contribution in [0.5, 0.6) is 0 Å². The fourth-order valence-corrected chi connectivity index (χ4v) is 1.12. The monoisotopic (exact) mass is 251 g/mol. The second-order valence-electron chi connectivity index (χ2n) is 2.81. The van der Waals surface area contributed by atoms with Gasteiger partial charge in [-0.15, -0.1) is 24.8 Å². The summed E-state index contributed by atoms with van der Waals surface area (Å²) in [5, 5.41) is 36.1. The molecule has 6 N–H and O–H groups in total. The summed E-state index contributed by atoms with van der Waals surface area (Å²) in [5.74, 6) is 0. The van der Waals surface area contributed by atoms with Crippen LogP contribution < -0.4 is 5.73 Å². The van der Waals surface area contributed by atoms with E-state index in [9.17, 15) is 10.2 Å². The van der Waals surface area contributed by atoms with Gasteiger partial charge < -0.3 is 30.9 Å². The third kappa shape index (κ3) is 3.18. The third-order valence-electron chi connectivity index (χ3n) is 1.95. The molecular weight excluding hydrogens is 237 g/mol. The molecule has 1 aliphatic rings. The molecule has 14 heavy (non-hydrogen) atoms. The molecule has 1 aliphatic heterocycles. The molecule has 0 amide bonds. The van der Waals surface area contributed by atoms with Crippen LogP contribution >= 0.6 is 24.8 Å². The van der Waals surface area contributed by atoms with E-state index in [1.807, 2.05) is 0 Å². The zero-order valence-corrected chi connectivity index (χ0v) is 8.82. The van der Waals surface area contributed by atoms with E-state index in [-0.39, 0.29) is 24.8 Å². The van der Waals surface area contributed by atoms with Gasteiger partial charge in [-0.1, -0.05) is 0 Å². The van der Waals surface area contributed by atoms with Crippen LogP contribution in [-0.2, 0) is 4.74 Å². The van der Waals surface area contributed by atoms with E-state index in [1.165, 1.54) is 0 Å². The Kier molecular flexibility index (Phi) is 8.09. The van der Waals surface area contributed by atoms with E-state index in [0.29, 0.717) is 0 Å². The summed E-state index contributed by atoms with van der Waals surface area (Å²) < 4.78 is 4.70. The number of hydrogen-bond acceptors (Lipinski definition) is 6. The molecule has 88 valence electrons. The Balaban J connectivity index is 0. The average molecular weight is 252 g/mol. The van der Waals surface area contributed by atoms with Crippen molar-refractivity contribution in [3.63, 3.8) is 0 Å². The van der Waals surface area contributed by atoms with Gasteiger partial charge in [0, 0.05) is 0 Å². The highest BCUT2D eigenvalue weighted by Gasteiger charge is 2.41. The molecule has 6 nitrogen and oxygen atoms in total. The largest absolute Gasteiger partial charge is 0.394 e. The Morgan fingerprint density at radius 2 is 1.57 bits per heavy atom. The van der Waals surface area contributed by atoms with Gasteiger partial charge in [-0.05, 0) is 0 Å². The Hall–Kier alpha value is 0.340. The highest BCUT2D eigenvalue weighted by atomic mass is 35.5. The number of hydrogen-bond donors (Lipinski definition) is 5. The summed E-state index contributed by atoms with van der Waals surface area (Å²) in [6, 6.07) is -1.04. The van der Waals surface area contributed by atoms with Gasteiger partial charge in [0.1, 0.15) is 18.3 Å². The minimum Gasteiger partial charge on any atom is -0.394 e. The van der Waals surface area contributed by atoms with Gasteiger partial charge in [0.2, 0.25) is 0 Å². The molecule has 0 spiro atoms. The standard InChI is InChI=1S/C6H13NO5.2ClH/c7-3-5(10)4(9)2(1-8)12-6(3)11;;/h2-6,8-11H,1,7H2;2*1H/t2-,3-,4-,5-,6-;;/m1../s1. The summed E-state index contributed by atoms with van der Waals surface area (Å²) in [7, 11) is 0. The minimum atomic E-state index is -1.35. The highest BCUT2D eigenvalue weighted by Crippen LogP contribution is 2.17. The maximum absolute atomic E-state index is 9.20. The van der Waals surface area contributed by atoms with Gasteiger partial charge in [0.25, 0.3) is 0 Å². The van der Waals surface area contributed by atoms with Gasteiger partial charge in [-0.3, -0.25) is 0 Å². The van der Waals surface area contributed by atoms with Crippen LogP contribution in [-0.4, -0.2) is 57.7 Å². The van der Waals surface area contributed by atoms with Crippen molar-refractivity contribution >= 4 is 24.8 Å². The van der Waals surface area contributed by atoms with Crippen LogP contribution in [0.1, 0.15) is 0 Å². The molecule has 0 unspecified atom stereocenters. The first-order chi connectivity index (χ1) is 5.57. The fourth-order valence-electron chi connectivity index (χ4n) is 1.12. The van der Waals surface area contributed by atoms with Crippen molar-refractivity contribution in [2.24, 2.45) is 5.73 Å². The normalized spacial score (nSPS) is 42.2. The number of rotatable bonds is 1. The van der Waals surface area contributed by atoms with Gasteiger partial charge in [-0.2, -0.15) is 0 Å². The van der Waals surface area contributed by atoms with E-state index in [4.69, 9.17) is 20.7 Å². The zero-order chi connectivity index (χ0) is 9.30. The van der Waals surface area contributed by atoms with E-state index in [2.05, 4.69) is 0 Å². The highest BCUT2D eigenvalue weighted by molar-refractivity contribution is 5.85. The van der Waals surface area contributed by atoms with Crippen LogP contribution in [0.2, 0.25) is 0 Å². The molecular formula is C6H15Cl2NO5.